The molecule has 3 rings (SSSR count). The fourth-order valence-electron chi connectivity index (χ4n) is 2.99. The number of hydrogen-bond acceptors (Lipinski definition) is 0. The van der Waals surface area contributed by atoms with Crippen LogP contribution in [0.5, 0.6) is 0 Å². The molecule has 0 heteroatoms. The predicted octanol–water partition coefficient (Wildman–Crippen LogP) is 5.22. The van der Waals surface area contributed by atoms with E-state index >= 15 is 0 Å². The van der Waals surface area contributed by atoms with E-state index in [1.165, 1.54) is 22.3 Å². The van der Waals surface area contributed by atoms with Crippen LogP contribution in [-0.4, -0.2) is 0 Å². The summed E-state index contributed by atoms with van der Waals surface area (Å²) in [7, 11) is 0. The van der Waals surface area contributed by atoms with Gasteiger partial charge >= 0.3 is 0 Å². The van der Waals surface area contributed by atoms with Gasteiger partial charge < -0.3 is 0 Å². The van der Waals surface area contributed by atoms with E-state index in [4.69, 9.17) is 12.8 Å². The van der Waals surface area contributed by atoms with Crippen molar-refractivity contribution in [3.8, 4) is 24.7 Å². The van der Waals surface area contributed by atoms with E-state index in [2.05, 4.69) is 60.4 Å². The Balaban J connectivity index is 1.51. The third kappa shape index (κ3) is 4.89. The molecule has 0 unspecified atom stereocenters. The molecule has 0 fully saturated rings. The molecule has 3 aromatic rings. The van der Waals surface area contributed by atoms with Gasteiger partial charge in [-0.2, -0.15) is 0 Å². The number of terminal acetylenes is 2. The molecule has 126 valence electrons. The topological polar surface area (TPSA) is 0 Å². The molecule has 0 aliphatic heterocycles. The van der Waals surface area contributed by atoms with Gasteiger partial charge in [0.25, 0.3) is 0 Å². The Bertz CT molecular complexity index is 831. The molecule has 0 aromatic heterocycles. The maximum atomic E-state index is 5.40. The summed E-state index contributed by atoms with van der Waals surface area (Å²) in [6, 6.07) is 25.5. The predicted molar refractivity (Wildman–Crippen MR) is 110 cm³/mol. The quantitative estimate of drug-likeness (QED) is 0.542. The van der Waals surface area contributed by atoms with E-state index < -0.39 is 0 Å². The Morgan fingerprint density at radius 3 is 0.885 bits per heavy atom. The molecule has 0 spiro atoms. The van der Waals surface area contributed by atoms with Crippen molar-refractivity contribution in [1.82, 2.24) is 0 Å². The zero-order valence-corrected chi connectivity index (χ0v) is 14.9. The van der Waals surface area contributed by atoms with Gasteiger partial charge in [0.15, 0.2) is 0 Å². The smallest absolute Gasteiger partial charge is 0.0242 e. The lowest BCUT2D eigenvalue weighted by molar-refractivity contribution is 0.940. The van der Waals surface area contributed by atoms with Crippen LogP contribution >= 0.6 is 0 Å². The average molecular weight is 334 g/mol. The standard InChI is InChI=1S/C26H22/c1-3-21-5-9-23(10-6-21)13-15-25-17-19-26(20-18-25)16-14-24-11-7-22(4-2)8-12-24/h1-2,5-12,17-20H,13-16H2. The van der Waals surface area contributed by atoms with Crippen LogP contribution in [0.3, 0.4) is 0 Å². The summed E-state index contributed by atoms with van der Waals surface area (Å²) in [5.74, 6) is 5.31. The van der Waals surface area contributed by atoms with Crippen LogP contribution in [0.4, 0.5) is 0 Å². The third-order valence-electron chi connectivity index (χ3n) is 4.67. The van der Waals surface area contributed by atoms with Gasteiger partial charge in [-0.25, -0.2) is 0 Å². The zero-order chi connectivity index (χ0) is 18.2. The second-order valence-electron chi connectivity index (χ2n) is 6.50. The first-order valence-corrected chi connectivity index (χ1v) is 8.96. The van der Waals surface area contributed by atoms with Crippen LogP contribution in [0.25, 0.3) is 0 Å². The SMILES string of the molecule is C#Cc1ccc(CCc2ccc(CCc3ccc(C#C)cc3)cc2)cc1. The largest absolute Gasteiger partial charge is 0.115 e. The van der Waals surface area contributed by atoms with E-state index in [0.29, 0.717) is 0 Å². The highest BCUT2D eigenvalue weighted by molar-refractivity contribution is 5.35. The summed E-state index contributed by atoms with van der Waals surface area (Å²) in [5.41, 5.74) is 7.26. The Morgan fingerprint density at radius 1 is 0.423 bits per heavy atom. The highest BCUT2D eigenvalue weighted by Crippen LogP contribution is 2.13. The van der Waals surface area contributed by atoms with Crippen LogP contribution in [0.1, 0.15) is 33.4 Å². The van der Waals surface area contributed by atoms with Gasteiger partial charge in [0.1, 0.15) is 0 Å². The van der Waals surface area contributed by atoms with Gasteiger partial charge in [0.05, 0.1) is 0 Å². The molecule has 26 heavy (non-hydrogen) atoms. The molecular formula is C26H22. The molecule has 0 atom stereocenters. The number of benzene rings is 3. The Morgan fingerprint density at radius 2 is 0.654 bits per heavy atom. The van der Waals surface area contributed by atoms with Gasteiger partial charge in [-0.15, -0.1) is 12.8 Å². The van der Waals surface area contributed by atoms with Crippen molar-refractivity contribution in [2.75, 3.05) is 0 Å². The molecule has 0 radical (unpaired) electrons. The molecule has 3 aromatic carbocycles. The van der Waals surface area contributed by atoms with Crippen molar-refractivity contribution in [2.24, 2.45) is 0 Å². The number of aryl methyl sites for hydroxylation is 4. The molecule has 0 nitrogen and oxygen atoms in total. The van der Waals surface area contributed by atoms with Crippen molar-refractivity contribution in [3.05, 3.63) is 106 Å². The second-order valence-corrected chi connectivity index (χ2v) is 6.50. The fraction of sp³-hybridized carbons (Fsp3) is 0.154. The zero-order valence-electron chi connectivity index (χ0n) is 14.9. The maximum absolute atomic E-state index is 5.40. The summed E-state index contributed by atoms with van der Waals surface area (Å²) in [5, 5.41) is 0. The Labute approximate surface area is 156 Å². The van der Waals surface area contributed by atoms with Crippen molar-refractivity contribution in [3.63, 3.8) is 0 Å². The van der Waals surface area contributed by atoms with E-state index in [1.807, 2.05) is 24.3 Å². The lowest BCUT2D eigenvalue weighted by Crippen LogP contribution is -1.94. The number of hydrogen-bond donors (Lipinski definition) is 0. The minimum atomic E-state index is 0.937. The lowest BCUT2D eigenvalue weighted by Gasteiger charge is -2.06. The van der Waals surface area contributed by atoms with Crippen LogP contribution in [-0.2, 0) is 25.7 Å². The van der Waals surface area contributed by atoms with Gasteiger partial charge in [-0.3, -0.25) is 0 Å². The van der Waals surface area contributed by atoms with E-state index in [-0.39, 0.29) is 0 Å². The maximum Gasteiger partial charge on any atom is 0.0242 e. The van der Waals surface area contributed by atoms with Crippen LogP contribution in [0.2, 0.25) is 0 Å². The van der Waals surface area contributed by atoms with Crippen LogP contribution < -0.4 is 0 Å². The summed E-state index contributed by atoms with van der Waals surface area (Å²) < 4.78 is 0. The summed E-state index contributed by atoms with van der Waals surface area (Å²) in [6.45, 7) is 0. The summed E-state index contributed by atoms with van der Waals surface area (Å²) in [6.07, 6.45) is 14.9. The first-order valence-electron chi connectivity index (χ1n) is 8.96. The Hall–Kier alpha value is -3.22. The van der Waals surface area contributed by atoms with Gasteiger partial charge in [0, 0.05) is 11.1 Å². The van der Waals surface area contributed by atoms with Crippen molar-refractivity contribution < 1.29 is 0 Å². The lowest BCUT2D eigenvalue weighted by atomic mass is 9.99. The third-order valence-corrected chi connectivity index (χ3v) is 4.67. The van der Waals surface area contributed by atoms with Crippen molar-refractivity contribution in [1.29, 1.82) is 0 Å². The van der Waals surface area contributed by atoms with E-state index in [0.717, 1.165) is 36.8 Å². The van der Waals surface area contributed by atoms with E-state index in [9.17, 15) is 0 Å². The summed E-state index contributed by atoms with van der Waals surface area (Å²) >= 11 is 0. The highest BCUT2D eigenvalue weighted by atomic mass is 14.0. The molecule has 0 bridgehead atoms. The molecule has 0 saturated carbocycles. The van der Waals surface area contributed by atoms with E-state index in [1.54, 1.807) is 0 Å². The normalized spacial score (nSPS) is 10.1. The molecular weight excluding hydrogens is 312 g/mol. The summed E-state index contributed by atoms with van der Waals surface area (Å²) in [4.78, 5) is 0. The minimum Gasteiger partial charge on any atom is -0.115 e. The molecule has 0 amide bonds. The number of rotatable bonds is 6. The minimum absolute atomic E-state index is 0.937. The van der Waals surface area contributed by atoms with Crippen LogP contribution in [0, 0.1) is 24.7 Å². The van der Waals surface area contributed by atoms with Crippen LogP contribution in [0.15, 0.2) is 72.8 Å². The Kier molecular flexibility index (Phi) is 5.92. The van der Waals surface area contributed by atoms with Gasteiger partial charge in [-0.05, 0) is 72.2 Å². The second kappa shape index (κ2) is 8.75. The first kappa shape index (κ1) is 17.6. The highest BCUT2D eigenvalue weighted by Gasteiger charge is 1.99. The molecule has 0 heterocycles. The monoisotopic (exact) mass is 334 g/mol. The fourth-order valence-corrected chi connectivity index (χ4v) is 2.99. The van der Waals surface area contributed by atoms with Crippen molar-refractivity contribution in [2.45, 2.75) is 25.7 Å². The molecule has 0 aliphatic rings. The molecule has 0 aliphatic carbocycles. The molecule has 0 N–H and O–H groups in total. The van der Waals surface area contributed by atoms with Crippen molar-refractivity contribution >= 4 is 0 Å². The molecule has 0 saturated heterocycles. The van der Waals surface area contributed by atoms with Gasteiger partial charge in [0.2, 0.25) is 0 Å². The first-order chi connectivity index (χ1) is 12.8. The average Bonchev–Trinajstić information content (AvgIpc) is 2.72. The van der Waals surface area contributed by atoms with Gasteiger partial charge in [-0.1, -0.05) is 60.4 Å².